The third-order valence-electron chi connectivity index (χ3n) is 4.89. The van der Waals surface area contributed by atoms with E-state index in [9.17, 15) is 4.79 Å². The average molecular weight is 518 g/mol. The van der Waals surface area contributed by atoms with Crippen molar-refractivity contribution in [1.29, 1.82) is 0 Å². The van der Waals surface area contributed by atoms with Crippen molar-refractivity contribution in [3.63, 3.8) is 0 Å². The van der Waals surface area contributed by atoms with Crippen molar-refractivity contribution in [3.8, 4) is 22.9 Å². The normalized spacial score (nSPS) is 11.1. The predicted molar refractivity (Wildman–Crippen MR) is 134 cm³/mol. The summed E-state index contributed by atoms with van der Waals surface area (Å²) in [5.74, 6) is 2.29. The number of aromatic nitrogens is 4. The molecule has 12 heteroatoms. The van der Waals surface area contributed by atoms with Gasteiger partial charge in [0.2, 0.25) is 11.0 Å². The predicted octanol–water partition coefficient (Wildman–Crippen LogP) is 5.11. The summed E-state index contributed by atoms with van der Waals surface area (Å²) in [5, 5.41) is 3.85. The summed E-state index contributed by atoms with van der Waals surface area (Å²) in [6.07, 6.45) is 3.40. The number of hydrogen-bond acceptors (Lipinski definition) is 10. The topological polar surface area (TPSA) is 110 Å². The van der Waals surface area contributed by atoms with Crippen LogP contribution >= 0.6 is 22.9 Å². The van der Waals surface area contributed by atoms with E-state index in [0.29, 0.717) is 50.6 Å². The number of fused-ring (bicyclic) bond motifs is 1. The Hall–Kier alpha value is -3.57. The van der Waals surface area contributed by atoms with Gasteiger partial charge in [-0.2, -0.15) is 4.98 Å². The Kier molecular flexibility index (Phi) is 7.27. The summed E-state index contributed by atoms with van der Waals surface area (Å²) in [6, 6.07) is 5.30. The molecule has 10 nitrogen and oxygen atoms in total. The number of hydrogen-bond donors (Lipinski definition) is 1. The first-order valence-electron chi connectivity index (χ1n) is 10.6. The second kappa shape index (κ2) is 10.4. The Bertz CT molecular complexity index is 1340. The third kappa shape index (κ3) is 5.25. The van der Waals surface area contributed by atoms with Gasteiger partial charge >= 0.3 is 5.97 Å². The highest BCUT2D eigenvalue weighted by molar-refractivity contribution is 7.20. The number of carbonyl (C=O) groups is 1. The molecule has 1 N–H and O–H groups in total. The van der Waals surface area contributed by atoms with Gasteiger partial charge in [-0.1, -0.05) is 13.8 Å². The number of ether oxygens (including phenoxy) is 4. The lowest BCUT2D eigenvalue weighted by Gasteiger charge is -2.14. The average Bonchev–Trinajstić information content (AvgIpc) is 3.48. The van der Waals surface area contributed by atoms with E-state index in [-0.39, 0.29) is 11.2 Å². The van der Waals surface area contributed by atoms with E-state index < -0.39 is 5.97 Å². The van der Waals surface area contributed by atoms with Crippen LogP contribution in [-0.2, 0) is 4.74 Å². The molecule has 0 aliphatic rings. The first-order chi connectivity index (χ1) is 16.8. The molecule has 184 valence electrons. The number of imidazole rings is 1. The second-order valence-corrected chi connectivity index (χ2v) is 9.21. The molecular formula is C23H24ClN5O5S. The molecule has 0 aliphatic heterocycles. The van der Waals surface area contributed by atoms with Gasteiger partial charge in [-0.25, -0.2) is 14.8 Å². The fraction of sp³-hybridized carbons (Fsp3) is 0.304. The van der Waals surface area contributed by atoms with Crippen LogP contribution in [0.4, 0.5) is 11.6 Å². The zero-order valence-electron chi connectivity index (χ0n) is 19.8. The Balaban J connectivity index is 1.64. The summed E-state index contributed by atoms with van der Waals surface area (Å²) < 4.78 is 23.4. The van der Waals surface area contributed by atoms with Gasteiger partial charge in [-0.15, -0.1) is 11.3 Å². The maximum atomic E-state index is 12.4. The van der Waals surface area contributed by atoms with Crippen LogP contribution in [0.25, 0.3) is 15.9 Å². The lowest BCUT2D eigenvalue weighted by Crippen LogP contribution is -2.08. The minimum Gasteiger partial charge on any atom is -0.493 e. The van der Waals surface area contributed by atoms with Crippen molar-refractivity contribution in [2.24, 2.45) is 5.92 Å². The number of benzene rings is 1. The third-order valence-corrected chi connectivity index (χ3v) is 6.07. The van der Waals surface area contributed by atoms with Gasteiger partial charge in [-0.05, 0) is 23.6 Å². The standard InChI is InChI=1S/C23H24ClN5O5S/c1-12(2)10-34-22(30)17-8-14-20(27-23(24)28-21(14)35-17)26-18-9-29(11-25-18)13-6-15(31-3)19(33-5)16(7-13)32-4/h6-9,11-12H,10H2,1-5H3,(H,26,27,28). The van der Waals surface area contributed by atoms with Gasteiger partial charge in [0.25, 0.3) is 0 Å². The van der Waals surface area contributed by atoms with Crippen LogP contribution in [0, 0.1) is 5.92 Å². The SMILES string of the molecule is COc1cc(-n2cnc(Nc3nc(Cl)nc4sc(C(=O)OCC(C)C)cc34)c2)cc(OC)c1OC. The zero-order chi connectivity index (χ0) is 25.1. The number of esters is 1. The summed E-state index contributed by atoms with van der Waals surface area (Å²) in [7, 11) is 4.66. The molecule has 0 fully saturated rings. The molecule has 0 spiro atoms. The van der Waals surface area contributed by atoms with Crippen LogP contribution < -0.4 is 19.5 Å². The highest BCUT2D eigenvalue weighted by Gasteiger charge is 2.18. The molecule has 0 bridgehead atoms. The van der Waals surface area contributed by atoms with E-state index >= 15 is 0 Å². The Morgan fingerprint density at radius 2 is 1.83 bits per heavy atom. The minimum atomic E-state index is -0.407. The first kappa shape index (κ1) is 24.6. The van der Waals surface area contributed by atoms with Gasteiger partial charge in [0.05, 0.1) is 45.2 Å². The molecule has 1 aromatic carbocycles. The maximum Gasteiger partial charge on any atom is 0.348 e. The largest absolute Gasteiger partial charge is 0.493 e. The summed E-state index contributed by atoms with van der Waals surface area (Å²) in [5.41, 5.74) is 0.747. The molecule has 0 radical (unpaired) electrons. The molecule has 0 saturated heterocycles. The molecule has 3 heterocycles. The Morgan fingerprint density at radius 1 is 1.11 bits per heavy atom. The fourth-order valence-electron chi connectivity index (χ4n) is 3.27. The number of methoxy groups -OCH3 is 3. The van der Waals surface area contributed by atoms with Crippen LogP contribution in [0.1, 0.15) is 23.5 Å². The highest BCUT2D eigenvalue weighted by Crippen LogP contribution is 2.39. The molecule has 4 aromatic rings. The Labute approximate surface area is 210 Å². The fourth-order valence-corrected chi connectivity index (χ4v) is 4.42. The van der Waals surface area contributed by atoms with Crippen LogP contribution in [0.3, 0.4) is 0 Å². The molecule has 4 rings (SSSR count). The molecule has 0 unspecified atom stereocenters. The smallest absolute Gasteiger partial charge is 0.348 e. The van der Waals surface area contributed by atoms with E-state index in [2.05, 4.69) is 20.3 Å². The van der Waals surface area contributed by atoms with Crippen molar-refractivity contribution in [3.05, 3.63) is 40.9 Å². The number of thiophene rings is 1. The van der Waals surface area contributed by atoms with E-state index in [4.69, 9.17) is 30.5 Å². The number of nitrogens with one attached hydrogen (secondary N) is 1. The number of halogens is 1. The zero-order valence-corrected chi connectivity index (χ0v) is 21.4. The van der Waals surface area contributed by atoms with Gasteiger partial charge in [-0.3, -0.25) is 0 Å². The summed E-state index contributed by atoms with van der Waals surface area (Å²) in [6.45, 7) is 4.29. The number of rotatable bonds is 9. The van der Waals surface area contributed by atoms with Gasteiger partial charge in [0.15, 0.2) is 11.5 Å². The second-order valence-electron chi connectivity index (χ2n) is 7.84. The van der Waals surface area contributed by atoms with Crippen molar-refractivity contribution in [2.75, 3.05) is 33.3 Å². The van der Waals surface area contributed by atoms with E-state index in [1.54, 1.807) is 56.6 Å². The lowest BCUT2D eigenvalue weighted by molar-refractivity contribution is 0.0465. The molecule has 0 aliphatic carbocycles. The first-order valence-corrected chi connectivity index (χ1v) is 11.8. The quantitative estimate of drug-likeness (QED) is 0.239. The molecule has 0 amide bonds. The van der Waals surface area contributed by atoms with Crippen LogP contribution in [0.5, 0.6) is 17.2 Å². The van der Waals surface area contributed by atoms with E-state index in [1.807, 2.05) is 13.8 Å². The van der Waals surface area contributed by atoms with Crippen LogP contribution in [-0.4, -0.2) is 53.4 Å². The van der Waals surface area contributed by atoms with Gasteiger partial charge < -0.3 is 28.8 Å². The van der Waals surface area contributed by atoms with Crippen molar-refractivity contribution >= 4 is 50.8 Å². The van der Waals surface area contributed by atoms with Crippen LogP contribution in [0.15, 0.2) is 30.7 Å². The minimum absolute atomic E-state index is 0.0491. The van der Waals surface area contributed by atoms with Crippen molar-refractivity contribution < 1.29 is 23.7 Å². The molecule has 0 saturated carbocycles. The van der Waals surface area contributed by atoms with E-state index in [0.717, 1.165) is 5.69 Å². The molecule has 0 atom stereocenters. The number of nitrogens with zero attached hydrogens (tertiary/aromatic N) is 4. The maximum absolute atomic E-state index is 12.4. The monoisotopic (exact) mass is 517 g/mol. The highest BCUT2D eigenvalue weighted by atomic mass is 35.5. The Morgan fingerprint density at radius 3 is 2.46 bits per heavy atom. The lowest BCUT2D eigenvalue weighted by atomic mass is 10.2. The molecular weight excluding hydrogens is 494 g/mol. The van der Waals surface area contributed by atoms with Crippen molar-refractivity contribution in [2.45, 2.75) is 13.8 Å². The molecule has 3 aromatic heterocycles. The van der Waals surface area contributed by atoms with Crippen LogP contribution in [0.2, 0.25) is 5.28 Å². The van der Waals surface area contributed by atoms with Gasteiger partial charge in [0.1, 0.15) is 27.7 Å². The molecule has 35 heavy (non-hydrogen) atoms. The summed E-state index contributed by atoms with van der Waals surface area (Å²) >= 11 is 7.34. The van der Waals surface area contributed by atoms with E-state index in [1.165, 1.54) is 11.3 Å². The number of anilines is 2. The summed E-state index contributed by atoms with van der Waals surface area (Å²) in [4.78, 5) is 26.4. The van der Waals surface area contributed by atoms with Gasteiger partial charge in [0, 0.05) is 12.1 Å². The number of carbonyl (C=O) groups excluding carboxylic acids is 1. The van der Waals surface area contributed by atoms with Crippen molar-refractivity contribution in [1.82, 2.24) is 19.5 Å².